The third-order valence-corrected chi connectivity index (χ3v) is 5.38. The Balaban J connectivity index is 2.26. The molecule has 114 valence electrons. The van der Waals surface area contributed by atoms with Crippen LogP contribution in [0.1, 0.15) is 30.2 Å². The molecule has 0 aliphatic rings. The third-order valence-electron chi connectivity index (χ3n) is 2.86. The van der Waals surface area contributed by atoms with Gasteiger partial charge in [-0.3, -0.25) is 0 Å². The van der Waals surface area contributed by atoms with Gasteiger partial charge in [-0.15, -0.1) is 0 Å². The summed E-state index contributed by atoms with van der Waals surface area (Å²) in [5.41, 5.74) is 6.37. The van der Waals surface area contributed by atoms with Crippen LogP contribution in [0.2, 0.25) is 0 Å². The first-order valence-electron chi connectivity index (χ1n) is 6.26. The van der Waals surface area contributed by atoms with Crippen LogP contribution in [0.15, 0.2) is 38.2 Å². The Labute approximate surface area is 131 Å². The predicted octanol–water partition coefficient (Wildman–Crippen LogP) is 2.24. The van der Waals surface area contributed by atoms with Crippen LogP contribution in [-0.4, -0.2) is 13.4 Å². The van der Waals surface area contributed by atoms with Gasteiger partial charge in [-0.05, 0) is 47.5 Å². The molecule has 0 saturated carbocycles. The number of aromatic nitrogens is 1. The van der Waals surface area contributed by atoms with Crippen molar-refractivity contribution in [3.05, 3.63) is 46.1 Å². The topological polar surface area (TPSA) is 98.2 Å². The lowest BCUT2D eigenvalue weighted by molar-refractivity contribution is 0.427. The molecular formula is C13H16BrN3O3S. The van der Waals surface area contributed by atoms with Crippen molar-refractivity contribution >= 4 is 26.0 Å². The fourth-order valence-corrected chi connectivity index (χ4v) is 4.13. The highest BCUT2D eigenvalue weighted by atomic mass is 79.9. The van der Waals surface area contributed by atoms with Crippen LogP contribution >= 0.6 is 15.9 Å². The number of benzene rings is 1. The van der Waals surface area contributed by atoms with E-state index in [1.807, 2.05) is 0 Å². The smallest absolute Gasteiger partial charge is 0.242 e. The second kappa shape index (κ2) is 6.27. The lowest BCUT2D eigenvalue weighted by Gasteiger charge is -2.13. The number of rotatable bonds is 5. The summed E-state index contributed by atoms with van der Waals surface area (Å²) in [5.74, 6) is 0.954. The van der Waals surface area contributed by atoms with E-state index in [0.717, 1.165) is 5.56 Å². The van der Waals surface area contributed by atoms with Crippen molar-refractivity contribution in [2.75, 3.05) is 0 Å². The highest BCUT2D eigenvalue weighted by Crippen LogP contribution is 2.25. The summed E-state index contributed by atoms with van der Waals surface area (Å²) in [5, 5.41) is 0. The van der Waals surface area contributed by atoms with Gasteiger partial charge < -0.3 is 10.2 Å². The van der Waals surface area contributed by atoms with Crippen LogP contribution in [0.25, 0.3) is 0 Å². The van der Waals surface area contributed by atoms with Crippen molar-refractivity contribution in [1.82, 2.24) is 9.71 Å². The highest BCUT2D eigenvalue weighted by molar-refractivity contribution is 9.10. The molecule has 1 aromatic carbocycles. The molecule has 21 heavy (non-hydrogen) atoms. The molecule has 3 N–H and O–H groups in total. The lowest BCUT2D eigenvalue weighted by atomic mass is 10.2. The number of nitrogens with two attached hydrogens (primary N) is 1. The van der Waals surface area contributed by atoms with E-state index < -0.39 is 16.1 Å². The Morgan fingerprint density at radius 2 is 2.19 bits per heavy atom. The zero-order valence-electron chi connectivity index (χ0n) is 11.6. The molecule has 2 rings (SSSR count). The molecule has 0 fully saturated rings. The second-order valence-corrected chi connectivity index (χ2v) is 7.16. The standard InChI is InChI=1S/C13H16BrN3O3S/c1-8-7-16-13(20-8)9(2)17-21(18,19)12-4-3-10(6-15)5-11(12)14/h3-5,7,9,17H,6,15H2,1-2H3. The monoisotopic (exact) mass is 373 g/mol. The van der Waals surface area contributed by atoms with Crippen LogP contribution < -0.4 is 10.5 Å². The number of hydrogen-bond acceptors (Lipinski definition) is 5. The first-order chi connectivity index (χ1) is 9.83. The third kappa shape index (κ3) is 3.70. The SMILES string of the molecule is Cc1cnc(C(C)NS(=O)(=O)c2ccc(CN)cc2Br)o1. The van der Waals surface area contributed by atoms with Crippen LogP contribution in [0.3, 0.4) is 0 Å². The molecule has 0 aliphatic heterocycles. The summed E-state index contributed by atoms with van der Waals surface area (Å²) >= 11 is 3.26. The number of oxazole rings is 1. The fraction of sp³-hybridized carbons (Fsp3) is 0.308. The molecule has 8 heteroatoms. The van der Waals surface area contributed by atoms with Gasteiger partial charge in [0.25, 0.3) is 0 Å². The van der Waals surface area contributed by atoms with E-state index >= 15 is 0 Å². The Hall–Kier alpha value is -1.22. The average Bonchev–Trinajstić information content (AvgIpc) is 2.84. The largest absolute Gasteiger partial charge is 0.444 e. The van der Waals surface area contributed by atoms with Crippen molar-refractivity contribution in [2.45, 2.75) is 31.3 Å². The lowest BCUT2D eigenvalue weighted by Crippen LogP contribution is -2.27. The maximum absolute atomic E-state index is 12.4. The van der Waals surface area contributed by atoms with Crippen molar-refractivity contribution in [2.24, 2.45) is 5.73 Å². The summed E-state index contributed by atoms with van der Waals surface area (Å²) in [6, 6.07) is 4.32. The van der Waals surface area contributed by atoms with Crippen LogP contribution in [0.5, 0.6) is 0 Å². The number of sulfonamides is 1. The van der Waals surface area contributed by atoms with Gasteiger partial charge in [0.1, 0.15) is 5.76 Å². The maximum Gasteiger partial charge on any atom is 0.242 e. The van der Waals surface area contributed by atoms with E-state index in [0.29, 0.717) is 22.7 Å². The van der Waals surface area contributed by atoms with Crippen molar-refractivity contribution in [1.29, 1.82) is 0 Å². The van der Waals surface area contributed by atoms with E-state index in [1.165, 1.54) is 6.07 Å². The van der Waals surface area contributed by atoms with Crippen LogP contribution in [0, 0.1) is 6.92 Å². The number of aryl methyl sites for hydroxylation is 1. The summed E-state index contributed by atoms with van der Waals surface area (Å²) in [6.07, 6.45) is 1.55. The minimum absolute atomic E-state index is 0.148. The molecule has 1 aromatic heterocycles. The zero-order valence-corrected chi connectivity index (χ0v) is 14.0. The molecule has 0 aliphatic carbocycles. The molecule has 0 amide bonds. The van der Waals surface area contributed by atoms with Crippen molar-refractivity contribution in [3.63, 3.8) is 0 Å². The summed E-state index contributed by atoms with van der Waals surface area (Å²) in [6.45, 7) is 3.77. The Morgan fingerprint density at radius 1 is 1.48 bits per heavy atom. The minimum Gasteiger partial charge on any atom is -0.444 e. The molecule has 1 heterocycles. The highest BCUT2D eigenvalue weighted by Gasteiger charge is 2.23. The van der Waals surface area contributed by atoms with Crippen LogP contribution in [-0.2, 0) is 16.6 Å². The molecule has 1 unspecified atom stereocenters. The van der Waals surface area contributed by atoms with Gasteiger partial charge >= 0.3 is 0 Å². The van der Waals surface area contributed by atoms with E-state index in [2.05, 4.69) is 25.6 Å². The first kappa shape index (κ1) is 16.2. The van der Waals surface area contributed by atoms with E-state index in [-0.39, 0.29) is 4.90 Å². The zero-order chi connectivity index (χ0) is 15.6. The average molecular weight is 374 g/mol. The maximum atomic E-state index is 12.4. The molecule has 2 aromatic rings. The Morgan fingerprint density at radius 3 is 2.71 bits per heavy atom. The molecule has 1 atom stereocenters. The quantitative estimate of drug-likeness (QED) is 0.837. The van der Waals surface area contributed by atoms with Gasteiger partial charge in [-0.1, -0.05) is 6.07 Å². The predicted molar refractivity (Wildman–Crippen MR) is 82.0 cm³/mol. The van der Waals surface area contributed by atoms with E-state index in [1.54, 1.807) is 32.2 Å². The fourth-order valence-electron chi connectivity index (χ4n) is 1.81. The minimum atomic E-state index is -3.69. The summed E-state index contributed by atoms with van der Waals surface area (Å²) in [4.78, 5) is 4.17. The van der Waals surface area contributed by atoms with Gasteiger partial charge in [0.15, 0.2) is 0 Å². The second-order valence-electron chi connectivity index (χ2n) is 4.62. The van der Waals surface area contributed by atoms with E-state index in [4.69, 9.17) is 10.2 Å². The molecule has 0 radical (unpaired) electrons. The Bertz CT molecular complexity index is 743. The molecule has 6 nitrogen and oxygen atoms in total. The van der Waals surface area contributed by atoms with Gasteiger partial charge in [0, 0.05) is 11.0 Å². The molecule has 0 saturated heterocycles. The Kier molecular flexibility index (Phi) is 4.82. The van der Waals surface area contributed by atoms with Crippen molar-refractivity contribution < 1.29 is 12.8 Å². The van der Waals surface area contributed by atoms with Gasteiger partial charge in [-0.25, -0.2) is 13.4 Å². The van der Waals surface area contributed by atoms with Gasteiger partial charge in [0.2, 0.25) is 15.9 Å². The number of hydrogen-bond donors (Lipinski definition) is 2. The van der Waals surface area contributed by atoms with Crippen LogP contribution in [0.4, 0.5) is 0 Å². The number of halogens is 1. The molecule has 0 bridgehead atoms. The summed E-state index contributed by atoms with van der Waals surface area (Å²) < 4.78 is 33.1. The van der Waals surface area contributed by atoms with Gasteiger partial charge in [0.05, 0.1) is 17.1 Å². The first-order valence-corrected chi connectivity index (χ1v) is 8.54. The van der Waals surface area contributed by atoms with Crippen molar-refractivity contribution in [3.8, 4) is 0 Å². The number of nitrogens with one attached hydrogen (secondary N) is 1. The number of nitrogens with zero attached hydrogens (tertiary/aromatic N) is 1. The molecular weight excluding hydrogens is 358 g/mol. The molecule has 0 spiro atoms. The normalized spacial score (nSPS) is 13.3. The van der Waals surface area contributed by atoms with E-state index in [9.17, 15) is 8.42 Å². The van der Waals surface area contributed by atoms with Gasteiger partial charge in [-0.2, -0.15) is 4.72 Å². The summed E-state index contributed by atoms with van der Waals surface area (Å²) in [7, 11) is -3.69.